The Balaban J connectivity index is 0.000000686. The zero-order valence-electron chi connectivity index (χ0n) is 11.1. The van der Waals surface area contributed by atoms with Gasteiger partial charge in [0.2, 0.25) is 5.91 Å². The second-order valence-electron chi connectivity index (χ2n) is 4.81. The summed E-state index contributed by atoms with van der Waals surface area (Å²) in [5.74, 6) is 0.177. The summed E-state index contributed by atoms with van der Waals surface area (Å²) in [6, 6.07) is 0. The predicted octanol–water partition coefficient (Wildman–Crippen LogP) is 1.33. The molecule has 1 aliphatic carbocycles. The summed E-state index contributed by atoms with van der Waals surface area (Å²) >= 11 is 0. The van der Waals surface area contributed by atoms with Crippen molar-refractivity contribution in [1.29, 1.82) is 0 Å². The van der Waals surface area contributed by atoms with Gasteiger partial charge in [-0.1, -0.05) is 19.0 Å². The standard InChI is InChI=1S/C10H17N3O2.C2H6/c1-12-4-5-13(6-9(12)14)8-10(2-3-10)7-11-15;1-2/h2-8H2,1H3;1-2H3. The molecule has 5 nitrogen and oxygen atoms in total. The van der Waals surface area contributed by atoms with Crippen LogP contribution in [0.4, 0.5) is 0 Å². The smallest absolute Gasteiger partial charge is 0.236 e. The molecule has 1 heterocycles. The van der Waals surface area contributed by atoms with Gasteiger partial charge in [-0.25, -0.2) is 0 Å². The molecule has 0 spiro atoms. The molecule has 0 bridgehead atoms. The number of likely N-dealkylation sites (N-methyl/N-ethyl adjacent to an activating group) is 1. The largest absolute Gasteiger partial charge is 0.343 e. The van der Waals surface area contributed by atoms with Crippen molar-refractivity contribution in [3.05, 3.63) is 4.91 Å². The van der Waals surface area contributed by atoms with Crippen molar-refractivity contribution in [2.75, 3.05) is 39.8 Å². The van der Waals surface area contributed by atoms with Crippen LogP contribution in [0.3, 0.4) is 0 Å². The third-order valence-corrected chi connectivity index (χ3v) is 3.45. The first-order chi connectivity index (χ1) is 8.15. The van der Waals surface area contributed by atoms with Gasteiger partial charge in [0.25, 0.3) is 0 Å². The molecule has 98 valence electrons. The molecule has 1 aliphatic heterocycles. The van der Waals surface area contributed by atoms with E-state index in [0.29, 0.717) is 13.1 Å². The molecular formula is C12H23N3O2. The lowest BCUT2D eigenvalue weighted by Crippen LogP contribution is -2.50. The summed E-state index contributed by atoms with van der Waals surface area (Å²) in [6.45, 7) is 7.48. The molecule has 0 aromatic rings. The van der Waals surface area contributed by atoms with Gasteiger partial charge in [-0.15, -0.1) is 0 Å². The van der Waals surface area contributed by atoms with Gasteiger partial charge in [-0.2, -0.15) is 4.91 Å². The highest BCUT2D eigenvalue weighted by Crippen LogP contribution is 2.46. The lowest BCUT2D eigenvalue weighted by Gasteiger charge is -2.33. The second-order valence-corrected chi connectivity index (χ2v) is 4.81. The fourth-order valence-electron chi connectivity index (χ4n) is 2.10. The molecule has 2 fully saturated rings. The van der Waals surface area contributed by atoms with Crippen molar-refractivity contribution in [3.8, 4) is 0 Å². The van der Waals surface area contributed by atoms with E-state index >= 15 is 0 Å². The number of nitrogens with zero attached hydrogens (tertiary/aromatic N) is 3. The minimum Gasteiger partial charge on any atom is -0.343 e. The van der Waals surface area contributed by atoms with E-state index in [1.165, 1.54) is 0 Å². The van der Waals surface area contributed by atoms with E-state index in [0.717, 1.165) is 32.5 Å². The third kappa shape index (κ3) is 3.77. The van der Waals surface area contributed by atoms with Crippen LogP contribution in [0, 0.1) is 10.3 Å². The highest BCUT2D eigenvalue weighted by molar-refractivity contribution is 5.78. The average Bonchev–Trinajstić information content (AvgIpc) is 3.07. The number of amides is 1. The van der Waals surface area contributed by atoms with Gasteiger partial charge in [0.1, 0.15) is 0 Å². The van der Waals surface area contributed by atoms with Crippen LogP contribution in [-0.2, 0) is 4.79 Å². The van der Waals surface area contributed by atoms with E-state index < -0.39 is 0 Å². The summed E-state index contributed by atoms with van der Waals surface area (Å²) in [4.78, 5) is 25.7. The number of rotatable bonds is 4. The zero-order chi connectivity index (χ0) is 12.9. The highest BCUT2D eigenvalue weighted by atomic mass is 16.3. The van der Waals surface area contributed by atoms with Gasteiger partial charge in [0.05, 0.1) is 13.1 Å². The molecule has 5 heteroatoms. The molecule has 2 rings (SSSR count). The lowest BCUT2D eigenvalue weighted by atomic mass is 10.1. The first-order valence-corrected chi connectivity index (χ1v) is 6.41. The molecule has 2 aliphatic rings. The van der Waals surface area contributed by atoms with Gasteiger partial charge in [-0.3, -0.25) is 9.69 Å². The fourth-order valence-corrected chi connectivity index (χ4v) is 2.10. The van der Waals surface area contributed by atoms with Crippen LogP contribution in [0.25, 0.3) is 0 Å². The summed E-state index contributed by atoms with van der Waals surface area (Å²) in [6.07, 6.45) is 2.17. The van der Waals surface area contributed by atoms with Gasteiger partial charge < -0.3 is 4.90 Å². The Labute approximate surface area is 103 Å². The highest BCUT2D eigenvalue weighted by Gasteiger charge is 2.45. The molecule has 0 atom stereocenters. The normalized spacial score (nSPS) is 22.8. The van der Waals surface area contributed by atoms with Crippen LogP contribution in [-0.4, -0.2) is 55.5 Å². The molecule has 0 radical (unpaired) electrons. The van der Waals surface area contributed by atoms with Crippen LogP contribution in [0.5, 0.6) is 0 Å². The Morgan fingerprint density at radius 1 is 1.29 bits per heavy atom. The van der Waals surface area contributed by atoms with Crippen molar-refractivity contribution in [1.82, 2.24) is 9.80 Å². The topological polar surface area (TPSA) is 53.0 Å². The van der Waals surface area contributed by atoms with E-state index in [1.54, 1.807) is 4.90 Å². The van der Waals surface area contributed by atoms with E-state index in [2.05, 4.69) is 10.1 Å². The van der Waals surface area contributed by atoms with Crippen molar-refractivity contribution in [2.45, 2.75) is 26.7 Å². The molecule has 0 aromatic heterocycles. The Morgan fingerprint density at radius 2 is 1.94 bits per heavy atom. The van der Waals surface area contributed by atoms with Crippen LogP contribution in [0.2, 0.25) is 0 Å². The van der Waals surface area contributed by atoms with Crippen LogP contribution in [0.15, 0.2) is 5.18 Å². The summed E-state index contributed by atoms with van der Waals surface area (Å²) < 4.78 is 0. The van der Waals surface area contributed by atoms with E-state index in [4.69, 9.17) is 0 Å². The molecule has 0 aromatic carbocycles. The molecule has 1 amide bonds. The first-order valence-electron chi connectivity index (χ1n) is 6.41. The molecule has 0 N–H and O–H groups in total. The Kier molecular flexibility index (Phi) is 5.05. The lowest BCUT2D eigenvalue weighted by molar-refractivity contribution is -0.134. The van der Waals surface area contributed by atoms with Gasteiger partial charge in [0.15, 0.2) is 0 Å². The monoisotopic (exact) mass is 241 g/mol. The van der Waals surface area contributed by atoms with E-state index in [1.807, 2.05) is 20.9 Å². The molecule has 17 heavy (non-hydrogen) atoms. The molecular weight excluding hydrogens is 218 g/mol. The third-order valence-electron chi connectivity index (χ3n) is 3.45. The Hall–Kier alpha value is -0.970. The van der Waals surface area contributed by atoms with Gasteiger partial charge >= 0.3 is 0 Å². The number of piperazine rings is 1. The maximum Gasteiger partial charge on any atom is 0.236 e. The van der Waals surface area contributed by atoms with Crippen molar-refractivity contribution in [2.24, 2.45) is 10.6 Å². The van der Waals surface area contributed by atoms with Gasteiger partial charge in [0, 0.05) is 32.1 Å². The van der Waals surface area contributed by atoms with E-state index in [9.17, 15) is 9.70 Å². The number of carbonyl (C=O) groups excluding carboxylic acids is 1. The second kappa shape index (κ2) is 6.10. The average molecular weight is 241 g/mol. The van der Waals surface area contributed by atoms with Crippen LogP contribution >= 0.6 is 0 Å². The van der Waals surface area contributed by atoms with Crippen molar-refractivity contribution >= 4 is 5.91 Å². The number of hydrogen-bond acceptors (Lipinski definition) is 4. The maximum atomic E-state index is 11.5. The number of hydrogen-bond donors (Lipinski definition) is 0. The fraction of sp³-hybridized carbons (Fsp3) is 0.917. The zero-order valence-corrected chi connectivity index (χ0v) is 11.1. The van der Waals surface area contributed by atoms with Crippen LogP contribution < -0.4 is 0 Å². The molecule has 0 unspecified atom stereocenters. The van der Waals surface area contributed by atoms with E-state index in [-0.39, 0.29) is 11.3 Å². The molecule has 1 saturated carbocycles. The SMILES string of the molecule is CC.CN1CCN(CC2(CN=O)CC2)CC1=O. The summed E-state index contributed by atoms with van der Waals surface area (Å²) in [5.41, 5.74) is 0.109. The minimum atomic E-state index is 0.109. The number of carbonyl (C=O) groups is 1. The van der Waals surface area contributed by atoms with Crippen molar-refractivity contribution < 1.29 is 4.79 Å². The number of nitroso groups, excluding NO2 is 1. The Morgan fingerprint density at radius 3 is 2.41 bits per heavy atom. The van der Waals surface area contributed by atoms with Crippen LogP contribution in [0.1, 0.15) is 26.7 Å². The minimum absolute atomic E-state index is 0.109. The summed E-state index contributed by atoms with van der Waals surface area (Å²) in [5, 5.41) is 3.00. The molecule has 1 saturated heterocycles. The quantitative estimate of drug-likeness (QED) is 0.698. The van der Waals surface area contributed by atoms with Crippen molar-refractivity contribution in [3.63, 3.8) is 0 Å². The summed E-state index contributed by atoms with van der Waals surface area (Å²) in [7, 11) is 1.83. The Bertz CT molecular complexity index is 277. The first kappa shape index (κ1) is 14.1. The van der Waals surface area contributed by atoms with Gasteiger partial charge in [-0.05, 0) is 12.8 Å². The predicted molar refractivity (Wildman–Crippen MR) is 67.8 cm³/mol. The maximum absolute atomic E-state index is 11.5.